The number of fused-ring (bicyclic) bond motifs is 1. The number of benzene rings is 1. The van der Waals surface area contributed by atoms with E-state index >= 15 is 0 Å². The lowest BCUT2D eigenvalue weighted by molar-refractivity contribution is -0.141. The molecule has 25 heavy (non-hydrogen) atoms. The SMILES string of the molecule is COC(=O)CC(NC(=O)C1Cc2cccc(C)c2N1)C1CCCNC1. The van der Waals surface area contributed by atoms with Crippen LogP contribution in [0.3, 0.4) is 0 Å². The molecule has 3 unspecified atom stereocenters. The van der Waals surface area contributed by atoms with Gasteiger partial charge in [-0.25, -0.2) is 0 Å². The fraction of sp³-hybridized carbons (Fsp3) is 0.579. The number of hydrogen-bond donors (Lipinski definition) is 3. The van der Waals surface area contributed by atoms with Crippen LogP contribution >= 0.6 is 0 Å². The topological polar surface area (TPSA) is 79.5 Å². The highest BCUT2D eigenvalue weighted by Crippen LogP contribution is 2.29. The number of piperidine rings is 1. The largest absolute Gasteiger partial charge is 0.469 e. The number of carbonyl (C=O) groups is 2. The lowest BCUT2D eigenvalue weighted by Gasteiger charge is -2.31. The Labute approximate surface area is 148 Å². The first-order valence-electron chi connectivity index (χ1n) is 9.01. The number of esters is 1. The van der Waals surface area contributed by atoms with Crippen molar-refractivity contribution in [2.45, 2.75) is 44.7 Å². The number of anilines is 1. The zero-order chi connectivity index (χ0) is 17.8. The van der Waals surface area contributed by atoms with Gasteiger partial charge in [0, 0.05) is 18.2 Å². The molecule has 0 aromatic heterocycles. The highest BCUT2D eigenvalue weighted by atomic mass is 16.5. The number of amides is 1. The van der Waals surface area contributed by atoms with E-state index in [4.69, 9.17) is 4.74 Å². The molecule has 2 aliphatic heterocycles. The van der Waals surface area contributed by atoms with Gasteiger partial charge in [0.2, 0.25) is 5.91 Å². The average Bonchev–Trinajstić information content (AvgIpc) is 3.07. The van der Waals surface area contributed by atoms with Gasteiger partial charge in [-0.1, -0.05) is 18.2 Å². The van der Waals surface area contributed by atoms with Crippen LogP contribution < -0.4 is 16.0 Å². The number of hydrogen-bond acceptors (Lipinski definition) is 5. The number of aryl methyl sites for hydroxylation is 1. The monoisotopic (exact) mass is 345 g/mol. The Morgan fingerprint density at radius 2 is 2.24 bits per heavy atom. The predicted molar refractivity (Wildman–Crippen MR) is 96.5 cm³/mol. The summed E-state index contributed by atoms with van der Waals surface area (Å²) in [6, 6.07) is 5.63. The minimum Gasteiger partial charge on any atom is -0.469 e. The summed E-state index contributed by atoms with van der Waals surface area (Å²) in [6.07, 6.45) is 2.96. The van der Waals surface area contributed by atoms with Crippen LogP contribution in [0.2, 0.25) is 0 Å². The first kappa shape index (κ1) is 17.7. The first-order valence-corrected chi connectivity index (χ1v) is 9.01. The maximum atomic E-state index is 12.8. The molecule has 0 bridgehead atoms. The Bertz CT molecular complexity index is 641. The van der Waals surface area contributed by atoms with E-state index in [-0.39, 0.29) is 36.3 Å². The molecule has 1 amide bonds. The fourth-order valence-corrected chi connectivity index (χ4v) is 3.81. The Hall–Kier alpha value is -2.08. The van der Waals surface area contributed by atoms with Crippen LogP contribution in [0, 0.1) is 12.8 Å². The highest BCUT2D eigenvalue weighted by molar-refractivity contribution is 5.88. The molecule has 2 heterocycles. The van der Waals surface area contributed by atoms with E-state index in [1.165, 1.54) is 12.7 Å². The Balaban J connectivity index is 1.66. The molecule has 3 atom stereocenters. The second kappa shape index (κ2) is 7.87. The smallest absolute Gasteiger partial charge is 0.307 e. The van der Waals surface area contributed by atoms with Crippen molar-refractivity contribution in [3.05, 3.63) is 29.3 Å². The quantitative estimate of drug-likeness (QED) is 0.703. The van der Waals surface area contributed by atoms with E-state index in [2.05, 4.69) is 22.0 Å². The first-order chi connectivity index (χ1) is 12.1. The number of nitrogens with one attached hydrogen (secondary N) is 3. The molecule has 0 aliphatic carbocycles. The van der Waals surface area contributed by atoms with Crippen molar-refractivity contribution >= 4 is 17.6 Å². The van der Waals surface area contributed by atoms with Crippen LogP contribution in [0.15, 0.2) is 18.2 Å². The van der Waals surface area contributed by atoms with Gasteiger partial charge >= 0.3 is 5.97 Å². The van der Waals surface area contributed by atoms with Gasteiger partial charge < -0.3 is 20.7 Å². The van der Waals surface area contributed by atoms with Gasteiger partial charge in [-0.05, 0) is 49.9 Å². The number of rotatable bonds is 5. The third-order valence-electron chi connectivity index (χ3n) is 5.26. The molecule has 2 aliphatic rings. The van der Waals surface area contributed by atoms with Gasteiger partial charge in [0.1, 0.15) is 6.04 Å². The van der Waals surface area contributed by atoms with E-state index in [0.717, 1.165) is 37.2 Å². The lowest BCUT2D eigenvalue weighted by atomic mass is 9.89. The molecular weight excluding hydrogens is 318 g/mol. The Kier molecular flexibility index (Phi) is 5.58. The van der Waals surface area contributed by atoms with Crippen LogP contribution in [0.1, 0.15) is 30.4 Å². The third kappa shape index (κ3) is 4.12. The molecule has 3 N–H and O–H groups in total. The number of ether oxygens (including phenoxy) is 1. The van der Waals surface area contributed by atoms with Crippen LogP contribution in [-0.4, -0.2) is 44.2 Å². The molecule has 0 saturated carbocycles. The molecule has 1 fully saturated rings. The summed E-state index contributed by atoms with van der Waals surface area (Å²) in [6.45, 7) is 3.85. The van der Waals surface area contributed by atoms with E-state index in [1.807, 2.05) is 19.1 Å². The zero-order valence-electron chi connectivity index (χ0n) is 14.9. The normalized spacial score (nSPS) is 23.3. The maximum Gasteiger partial charge on any atom is 0.307 e. The maximum absolute atomic E-state index is 12.8. The molecule has 1 aromatic rings. The minimum atomic E-state index is -0.284. The number of methoxy groups -OCH3 is 1. The summed E-state index contributed by atoms with van der Waals surface area (Å²) in [7, 11) is 1.39. The average molecular weight is 345 g/mol. The van der Waals surface area contributed by atoms with Crippen LogP contribution in [0.4, 0.5) is 5.69 Å². The predicted octanol–water partition coefficient (Wildman–Crippen LogP) is 1.38. The van der Waals surface area contributed by atoms with Gasteiger partial charge in [-0.3, -0.25) is 9.59 Å². The summed E-state index contributed by atoms with van der Waals surface area (Å²) in [4.78, 5) is 24.6. The van der Waals surface area contributed by atoms with Gasteiger partial charge in [-0.2, -0.15) is 0 Å². The minimum absolute atomic E-state index is 0.0462. The number of carbonyl (C=O) groups excluding carboxylic acids is 2. The van der Waals surface area contributed by atoms with E-state index in [9.17, 15) is 9.59 Å². The second-order valence-corrected chi connectivity index (χ2v) is 7.01. The van der Waals surface area contributed by atoms with Crippen molar-refractivity contribution in [2.75, 3.05) is 25.5 Å². The van der Waals surface area contributed by atoms with Gasteiger partial charge in [0.05, 0.1) is 13.5 Å². The standard InChI is InChI=1S/C19H27N3O3/c1-12-5-3-6-13-9-16(21-18(12)13)19(24)22-15(10-17(23)25-2)14-7-4-8-20-11-14/h3,5-6,14-16,20-21H,4,7-11H2,1-2H3,(H,22,24). The van der Waals surface area contributed by atoms with Gasteiger partial charge in [-0.15, -0.1) is 0 Å². The highest BCUT2D eigenvalue weighted by Gasteiger charge is 2.32. The van der Waals surface area contributed by atoms with Crippen LogP contribution in [0.25, 0.3) is 0 Å². The van der Waals surface area contributed by atoms with E-state index < -0.39 is 0 Å². The summed E-state index contributed by atoms with van der Waals surface area (Å²) < 4.78 is 4.82. The Morgan fingerprint density at radius 1 is 1.40 bits per heavy atom. The molecule has 0 radical (unpaired) electrons. The zero-order valence-corrected chi connectivity index (χ0v) is 14.9. The molecule has 1 saturated heterocycles. The molecule has 6 nitrogen and oxygen atoms in total. The molecular formula is C19H27N3O3. The lowest BCUT2D eigenvalue weighted by Crippen LogP contribution is -2.51. The fourth-order valence-electron chi connectivity index (χ4n) is 3.81. The van der Waals surface area contributed by atoms with Crippen molar-refractivity contribution in [2.24, 2.45) is 5.92 Å². The summed E-state index contributed by atoms with van der Waals surface area (Å²) in [5, 5.41) is 9.79. The van der Waals surface area contributed by atoms with E-state index in [1.54, 1.807) is 0 Å². The van der Waals surface area contributed by atoms with Crippen molar-refractivity contribution in [3.63, 3.8) is 0 Å². The molecule has 3 rings (SSSR count). The van der Waals surface area contributed by atoms with Crippen molar-refractivity contribution in [1.29, 1.82) is 0 Å². The molecule has 6 heteroatoms. The van der Waals surface area contributed by atoms with Crippen LogP contribution in [0.5, 0.6) is 0 Å². The molecule has 136 valence electrons. The second-order valence-electron chi connectivity index (χ2n) is 7.01. The van der Waals surface area contributed by atoms with Crippen LogP contribution in [-0.2, 0) is 20.7 Å². The number of para-hydroxylation sites is 1. The summed E-state index contributed by atoms with van der Waals surface area (Å²) >= 11 is 0. The Morgan fingerprint density at radius 3 is 2.92 bits per heavy atom. The molecule has 1 aromatic carbocycles. The van der Waals surface area contributed by atoms with Crippen molar-refractivity contribution < 1.29 is 14.3 Å². The van der Waals surface area contributed by atoms with E-state index in [0.29, 0.717) is 6.42 Å². The summed E-state index contributed by atoms with van der Waals surface area (Å²) in [5.74, 6) is -0.0771. The van der Waals surface area contributed by atoms with Crippen molar-refractivity contribution in [3.8, 4) is 0 Å². The summed E-state index contributed by atoms with van der Waals surface area (Å²) in [5.41, 5.74) is 3.38. The van der Waals surface area contributed by atoms with Crippen molar-refractivity contribution in [1.82, 2.24) is 10.6 Å². The van der Waals surface area contributed by atoms with Gasteiger partial charge in [0.15, 0.2) is 0 Å². The van der Waals surface area contributed by atoms with Gasteiger partial charge in [0.25, 0.3) is 0 Å². The molecule has 0 spiro atoms. The third-order valence-corrected chi connectivity index (χ3v) is 5.26.